The number of carbonyl (C=O) groups is 2. The molecule has 5 heterocycles. The number of likely N-dealkylation sites (tertiary alicyclic amines) is 1. The summed E-state index contributed by atoms with van der Waals surface area (Å²) in [6.45, 7) is 9.26. The molecule has 0 aromatic carbocycles. The normalized spacial score (nSPS) is 32.3. The van der Waals surface area contributed by atoms with Crippen LogP contribution in [0, 0.1) is 5.92 Å². The number of nitrogens with zero attached hydrogens (tertiary/aromatic N) is 3. The molecule has 8 nitrogen and oxygen atoms in total. The second-order valence-electron chi connectivity index (χ2n) is 8.89. The van der Waals surface area contributed by atoms with E-state index in [1.807, 2.05) is 15.9 Å². The van der Waals surface area contributed by atoms with Gasteiger partial charge in [0.25, 0.3) is 5.91 Å². The minimum atomic E-state index is -0.637. The van der Waals surface area contributed by atoms with Crippen LogP contribution in [0.4, 0.5) is 0 Å². The summed E-state index contributed by atoms with van der Waals surface area (Å²) in [5.74, 6) is 1.14. The minimum absolute atomic E-state index is 0.0740. The summed E-state index contributed by atoms with van der Waals surface area (Å²) in [5.41, 5.74) is -0.0863. The Morgan fingerprint density at radius 2 is 2.07 bits per heavy atom. The van der Waals surface area contributed by atoms with Gasteiger partial charge in [-0.3, -0.25) is 14.5 Å². The lowest BCUT2D eigenvalue weighted by Crippen LogP contribution is -2.51. The highest BCUT2D eigenvalue weighted by atomic mass is 16.5. The number of ether oxygens (including phenoxy) is 2. The molecule has 0 bridgehead atoms. The van der Waals surface area contributed by atoms with Gasteiger partial charge in [0.1, 0.15) is 12.0 Å². The van der Waals surface area contributed by atoms with Crippen molar-refractivity contribution in [1.82, 2.24) is 14.7 Å². The molecular formula is C21H29N3O5. The molecule has 1 aromatic rings. The highest BCUT2D eigenvalue weighted by Crippen LogP contribution is 2.49. The molecule has 4 saturated heterocycles. The molecule has 4 fully saturated rings. The van der Waals surface area contributed by atoms with Gasteiger partial charge in [0.05, 0.1) is 50.4 Å². The predicted molar refractivity (Wildman–Crippen MR) is 103 cm³/mol. The molecule has 1 spiro atoms. The summed E-state index contributed by atoms with van der Waals surface area (Å²) in [7, 11) is 0. The third-order valence-electron chi connectivity index (χ3n) is 6.90. The van der Waals surface area contributed by atoms with Gasteiger partial charge in [0.2, 0.25) is 5.91 Å². The van der Waals surface area contributed by atoms with Gasteiger partial charge in [0.15, 0.2) is 5.72 Å². The Morgan fingerprint density at radius 1 is 1.28 bits per heavy atom. The zero-order valence-corrected chi connectivity index (χ0v) is 17.1. The van der Waals surface area contributed by atoms with Crippen LogP contribution >= 0.6 is 0 Å². The van der Waals surface area contributed by atoms with E-state index in [9.17, 15) is 9.59 Å². The Kier molecular flexibility index (Phi) is 4.68. The van der Waals surface area contributed by atoms with E-state index in [-0.39, 0.29) is 23.9 Å². The van der Waals surface area contributed by atoms with E-state index in [4.69, 9.17) is 13.9 Å². The van der Waals surface area contributed by atoms with Gasteiger partial charge < -0.3 is 23.7 Å². The number of hydrogen-bond donors (Lipinski definition) is 0. The Hall–Kier alpha value is -1.90. The molecule has 0 unspecified atom stereocenters. The largest absolute Gasteiger partial charge is 0.467 e. The zero-order chi connectivity index (χ0) is 20.2. The fourth-order valence-corrected chi connectivity index (χ4v) is 5.33. The van der Waals surface area contributed by atoms with E-state index in [0.717, 1.165) is 32.1 Å². The molecule has 2 amide bonds. The smallest absolute Gasteiger partial charge is 0.257 e. The van der Waals surface area contributed by atoms with Crippen LogP contribution < -0.4 is 0 Å². The monoisotopic (exact) mass is 403 g/mol. The number of hydrogen-bond acceptors (Lipinski definition) is 6. The second kappa shape index (κ2) is 7.11. The maximum Gasteiger partial charge on any atom is 0.257 e. The van der Waals surface area contributed by atoms with Crippen molar-refractivity contribution in [2.75, 3.05) is 39.5 Å². The molecular weight excluding hydrogens is 374 g/mol. The number of amides is 2. The molecule has 0 N–H and O–H groups in total. The summed E-state index contributed by atoms with van der Waals surface area (Å²) in [6, 6.07) is 1.71. The lowest BCUT2D eigenvalue weighted by Gasteiger charge is -2.34. The van der Waals surface area contributed by atoms with Crippen LogP contribution in [-0.2, 0) is 20.8 Å². The minimum Gasteiger partial charge on any atom is -0.467 e. The van der Waals surface area contributed by atoms with Crippen LogP contribution in [0.5, 0.6) is 0 Å². The molecule has 8 heteroatoms. The van der Waals surface area contributed by atoms with Crippen LogP contribution in [0.2, 0.25) is 0 Å². The van der Waals surface area contributed by atoms with E-state index in [1.165, 1.54) is 0 Å². The average Bonchev–Trinajstić information content (AvgIpc) is 3.44. The Morgan fingerprint density at radius 3 is 2.83 bits per heavy atom. The second-order valence-corrected chi connectivity index (χ2v) is 8.89. The first kappa shape index (κ1) is 19.1. The lowest BCUT2D eigenvalue weighted by molar-refractivity contribution is -0.139. The lowest BCUT2D eigenvalue weighted by atomic mass is 10.0. The van der Waals surface area contributed by atoms with Crippen molar-refractivity contribution in [3.05, 3.63) is 23.7 Å². The van der Waals surface area contributed by atoms with Crippen molar-refractivity contribution >= 4 is 11.8 Å². The summed E-state index contributed by atoms with van der Waals surface area (Å²) in [5, 5.41) is 0. The van der Waals surface area contributed by atoms with Crippen LogP contribution in [-0.4, -0.2) is 83.8 Å². The highest BCUT2D eigenvalue weighted by Gasteiger charge is 2.65. The van der Waals surface area contributed by atoms with Crippen molar-refractivity contribution in [1.29, 1.82) is 0 Å². The van der Waals surface area contributed by atoms with Gasteiger partial charge in [-0.2, -0.15) is 0 Å². The first-order chi connectivity index (χ1) is 14.0. The molecule has 5 rings (SSSR count). The van der Waals surface area contributed by atoms with E-state index in [2.05, 4.69) is 18.7 Å². The predicted octanol–water partition coefficient (Wildman–Crippen LogP) is 1.31. The molecule has 1 aromatic heterocycles. The number of morpholine rings is 1. The molecule has 158 valence electrons. The Labute approximate surface area is 170 Å². The Balaban J connectivity index is 1.31. The number of furan rings is 1. The first-order valence-electron chi connectivity index (χ1n) is 10.6. The van der Waals surface area contributed by atoms with Crippen molar-refractivity contribution in [2.24, 2.45) is 5.92 Å². The molecule has 0 aliphatic carbocycles. The van der Waals surface area contributed by atoms with Crippen LogP contribution in [0.3, 0.4) is 0 Å². The fourth-order valence-electron chi connectivity index (χ4n) is 5.33. The first-order valence-corrected chi connectivity index (χ1v) is 10.6. The van der Waals surface area contributed by atoms with Gasteiger partial charge >= 0.3 is 0 Å². The molecule has 4 aliphatic heterocycles. The van der Waals surface area contributed by atoms with E-state index >= 15 is 0 Å². The van der Waals surface area contributed by atoms with E-state index in [0.29, 0.717) is 44.0 Å². The summed E-state index contributed by atoms with van der Waals surface area (Å²) >= 11 is 0. The van der Waals surface area contributed by atoms with Gasteiger partial charge in [-0.25, -0.2) is 0 Å². The third kappa shape index (κ3) is 3.00. The van der Waals surface area contributed by atoms with Crippen molar-refractivity contribution < 1.29 is 23.5 Å². The quantitative estimate of drug-likeness (QED) is 0.755. The standard InChI is InChI=1S/C21H29N3O5/c1-14(2)17-13-29-21-3-4-23(18(21)10-19(25)24(17)21)20(26)15-9-16(28-12-15)11-22-5-7-27-8-6-22/h9,12,14,17-18H,3-8,10-11,13H2,1-2H3/t17-,18+,21-/m0/s1. The highest BCUT2D eigenvalue weighted by molar-refractivity contribution is 5.95. The molecule has 29 heavy (non-hydrogen) atoms. The Bertz CT molecular complexity index is 802. The van der Waals surface area contributed by atoms with Gasteiger partial charge in [-0.1, -0.05) is 13.8 Å². The van der Waals surface area contributed by atoms with Gasteiger partial charge in [0, 0.05) is 26.1 Å². The summed E-state index contributed by atoms with van der Waals surface area (Å²) in [6.07, 6.45) is 2.56. The van der Waals surface area contributed by atoms with Gasteiger partial charge in [-0.15, -0.1) is 0 Å². The molecule has 0 saturated carbocycles. The maximum atomic E-state index is 13.2. The molecule has 3 atom stereocenters. The average molecular weight is 403 g/mol. The maximum absolute atomic E-state index is 13.2. The fraction of sp³-hybridized carbons (Fsp3) is 0.714. The van der Waals surface area contributed by atoms with Crippen LogP contribution in [0.25, 0.3) is 0 Å². The van der Waals surface area contributed by atoms with Crippen molar-refractivity contribution in [2.45, 2.75) is 51.0 Å². The van der Waals surface area contributed by atoms with Crippen molar-refractivity contribution in [3.63, 3.8) is 0 Å². The van der Waals surface area contributed by atoms with Crippen molar-refractivity contribution in [3.8, 4) is 0 Å². The molecule has 4 aliphatic rings. The summed E-state index contributed by atoms with van der Waals surface area (Å²) in [4.78, 5) is 32.1. The van der Waals surface area contributed by atoms with Crippen LogP contribution in [0.15, 0.2) is 16.7 Å². The van der Waals surface area contributed by atoms with Crippen LogP contribution in [0.1, 0.15) is 42.8 Å². The zero-order valence-electron chi connectivity index (χ0n) is 17.1. The number of rotatable bonds is 4. The SMILES string of the molecule is CC(C)[C@@H]1CO[C@@]23CCN(C(=O)c4coc(CN5CCOCC5)c4)[C@@H]2CC(=O)N13. The van der Waals surface area contributed by atoms with E-state index in [1.54, 1.807) is 6.26 Å². The molecule has 0 radical (unpaired) electrons. The topological polar surface area (TPSA) is 75.5 Å². The third-order valence-corrected chi connectivity index (χ3v) is 6.90. The number of carbonyl (C=O) groups excluding carboxylic acids is 2. The summed E-state index contributed by atoms with van der Waals surface area (Å²) < 4.78 is 17.3. The van der Waals surface area contributed by atoms with Gasteiger partial charge in [-0.05, 0) is 12.0 Å². The van der Waals surface area contributed by atoms with E-state index < -0.39 is 5.72 Å².